The molecular formula is C11H14N2O4. The van der Waals surface area contributed by atoms with Gasteiger partial charge in [0.05, 0.1) is 23.3 Å². The molecule has 1 aromatic rings. The molecule has 0 saturated heterocycles. The van der Waals surface area contributed by atoms with Gasteiger partial charge in [0.25, 0.3) is 5.69 Å². The van der Waals surface area contributed by atoms with Gasteiger partial charge in [-0.05, 0) is 12.5 Å². The van der Waals surface area contributed by atoms with E-state index in [0.29, 0.717) is 11.3 Å². The lowest BCUT2D eigenvalue weighted by atomic mass is 10.1. The molecule has 1 rings (SSSR count). The highest BCUT2D eigenvalue weighted by Crippen LogP contribution is 2.29. The third-order valence-corrected chi connectivity index (χ3v) is 2.35. The molecule has 0 unspecified atom stereocenters. The quantitative estimate of drug-likeness (QED) is 0.455. The molecule has 0 atom stereocenters. The molecule has 0 heterocycles. The van der Waals surface area contributed by atoms with Crippen LogP contribution in [0.4, 0.5) is 11.4 Å². The van der Waals surface area contributed by atoms with Crippen LogP contribution in [0, 0.1) is 17.0 Å². The van der Waals surface area contributed by atoms with E-state index in [1.54, 1.807) is 25.9 Å². The van der Waals surface area contributed by atoms with Crippen molar-refractivity contribution in [3.05, 3.63) is 33.4 Å². The van der Waals surface area contributed by atoms with Gasteiger partial charge in [-0.3, -0.25) is 10.1 Å². The number of rotatable bonds is 3. The number of nitro groups is 1. The monoisotopic (exact) mass is 238 g/mol. The molecule has 0 aliphatic heterocycles. The Morgan fingerprint density at radius 2 is 2.00 bits per heavy atom. The van der Waals surface area contributed by atoms with E-state index < -0.39 is 10.9 Å². The topological polar surface area (TPSA) is 72.7 Å². The molecule has 0 saturated carbocycles. The smallest absolute Gasteiger partial charge is 0.340 e. The molecule has 1 aromatic carbocycles. The first-order valence-electron chi connectivity index (χ1n) is 4.93. The van der Waals surface area contributed by atoms with Gasteiger partial charge in [-0.15, -0.1) is 0 Å². The Hall–Kier alpha value is -2.11. The first-order chi connectivity index (χ1) is 7.88. The zero-order chi connectivity index (χ0) is 13.2. The van der Waals surface area contributed by atoms with Gasteiger partial charge in [0.15, 0.2) is 0 Å². The van der Waals surface area contributed by atoms with Crippen LogP contribution in [0.3, 0.4) is 0 Å². The maximum atomic E-state index is 11.6. The summed E-state index contributed by atoms with van der Waals surface area (Å²) < 4.78 is 4.63. The molecule has 6 heteroatoms. The minimum Gasteiger partial charge on any atom is -0.465 e. The third kappa shape index (κ3) is 2.52. The van der Waals surface area contributed by atoms with Gasteiger partial charge in [0.1, 0.15) is 0 Å². The first kappa shape index (κ1) is 13.0. The molecule has 0 aliphatic rings. The van der Waals surface area contributed by atoms with Gasteiger partial charge >= 0.3 is 5.97 Å². The molecule has 0 amide bonds. The highest BCUT2D eigenvalue weighted by Gasteiger charge is 2.20. The van der Waals surface area contributed by atoms with Gasteiger partial charge in [0, 0.05) is 26.2 Å². The lowest BCUT2D eigenvalue weighted by Crippen LogP contribution is -2.16. The van der Waals surface area contributed by atoms with Crippen molar-refractivity contribution in [1.29, 1.82) is 0 Å². The van der Waals surface area contributed by atoms with E-state index >= 15 is 0 Å². The zero-order valence-corrected chi connectivity index (χ0v) is 10.2. The van der Waals surface area contributed by atoms with Crippen molar-refractivity contribution < 1.29 is 14.5 Å². The Bertz CT molecular complexity index is 469. The van der Waals surface area contributed by atoms with E-state index in [1.165, 1.54) is 19.2 Å². The van der Waals surface area contributed by atoms with Crippen molar-refractivity contribution in [2.75, 3.05) is 26.1 Å². The number of hydrogen-bond acceptors (Lipinski definition) is 5. The highest BCUT2D eigenvalue weighted by molar-refractivity contribution is 5.97. The summed E-state index contributed by atoms with van der Waals surface area (Å²) in [6.45, 7) is 1.72. The van der Waals surface area contributed by atoms with E-state index in [0.717, 1.165) is 0 Å². The van der Waals surface area contributed by atoms with Crippen LogP contribution in [-0.4, -0.2) is 32.1 Å². The molecule has 0 spiro atoms. The average molecular weight is 238 g/mol. The van der Waals surface area contributed by atoms with Crippen LogP contribution in [-0.2, 0) is 4.74 Å². The van der Waals surface area contributed by atoms with Crippen molar-refractivity contribution in [2.45, 2.75) is 6.92 Å². The Labute approximate surface area is 98.9 Å². The maximum absolute atomic E-state index is 11.6. The fourth-order valence-corrected chi connectivity index (χ4v) is 1.73. The number of nitrogens with zero attached hydrogens (tertiary/aromatic N) is 2. The second-order valence-electron chi connectivity index (χ2n) is 3.80. The van der Waals surface area contributed by atoms with Crippen LogP contribution in [0.1, 0.15) is 15.9 Å². The number of hydrogen-bond donors (Lipinski definition) is 0. The van der Waals surface area contributed by atoms with Crippen LogP contribution < -0.4 is 4.90 Å². The number of nitro benzene ring substituents is 1. The van der Waals surface area contributed by atoms with Gasteiger partial charge < -0.3 is 9.64 Å². The van der Waals surface area contributed by atoms with Crippen LogP contribution in [0.15, 0.2) is 12.1 Å². The average Bonchev–Trinajstić information content (AvgIpc) is 2.26. The molecule has 0 N–H and O–H groups in total. The minimum atomic E-state index is -0.583. The van der Waals surface area contributed by atoms with Crippen molar-refractivity contribution in [2.24, 2.45) is 0 Å². The second-order valence-corrected chi connectivity index (χ2v) is 3.80. The standard InChI is InChI=1S/C11H14N2O4/c1-7-5-8(13(15)16)6-9(11(14)17-4)10(7)12(2)3/h5-6H,1-4H3. The first-order valence-corrected chi connectivity index (χ1v) is 4.93. The number of carbonyl (C=O) groups is 1. The lowest BCUT2D eigenvalue weighted by Gasteiger charge is -2.18. The van der Waals surface area contributed by atoms with Gasteiger partial charge in [0.2, 0.25) is 0 Å². The largest absolute Gasteiger partial charge is 0.465 e. The van der Waals surface area contributed by atoms with E-state index in [1.807, 2.05) is 0 Å². The molecule has 92 valence electrons. The summed E-state index contributed by atoms with van der Waals surface area (Å²) in [6.07, 6.45) is 0. The summed E-state index contributed by atoms with van der Waals surface area (Å²) in [6, 6.07) is 2.66. The number of esters is 1. The molecule has 0 aliphatic carbocycles. The normalized spacial score (nSPS) is 9.88. The molecule has 0 fully saturated rings. The van der Waals surface area contributed by atoms with Gasteiger partial charge in [-0.2, -0.15) is 0 Å². The number of non-ortho nitro benzene ring substituents is 1. The van der Waals surface area contributed by atoms with Crippen LogP contribution in [0.25, 0.3) is 0 Å². The van der Waals surface area contributed by atoms with E-state index in [-0.39, 0.29) is 11.3 Å². The second kappa shape index (κ2) is 4.82. The fourth-order valence-electron chi connectivity index (χ4n) is 1.73. The lowest BCUT2D eigenvalue weighted by molar-refractivity contribution is -0.384. The number of anilines is 1. The SMILES string of the molecule is COC(=O)c1cc([N+](=O)[O-])cc(C)c1N(C)C. The molecule has 17 heavy (non-hydrogen) atoms. The summed E-state index contributed by atoms with van der Waals surface area (Å²) in [5.74, 6) is -0.583. The summed E-state index contributed by atoms with van der Waals surface area (Å²) in [7, 11) is 4.77. The van der Waals surface area contributed by atoms with Crippen molar-refractivity contribution in [3.63, 3.8) is 0 Å². The van der Waals surface area contributed by atoms with E-state index in [9.17, 15) is 14.9 Å². The molecule has 0 radical (unpaired) electrons. The Balaban J connectivity index is 3.50. The number of aryl methyl sites for hydroxylation is 1. The number of carbonyl (C=O) groups excluding carboxylic acids is 1. The molecule has 6 nitrogen and oxygen atoms in total. The minimum absolute atomic E-state index is 0.117. The molecule has 0 aromatic heterocycles. The third-order valence-electron chi connectivity index (χ3n) is 2.35. The van der Waals surface area contributed by atoms with Crippen LogP contribution in [0.5, 0.6) is 0 Å². The van der Waals surface area contributed by atoms with Crippen molar-refractivity contribution in [1.82, 2.24) is 0 Å². The van der Waals surface area contributed by atoms with Gasteiger partial charge in [-0.25, -0.2) is 4.79 Å². The Morgan fingerprint density at radius 1 is 1.41 bits per heavy atom. The van der Waals surface area contributed by atoms with Crippen LogP contribution >= 0.6 is 0 Å². The predicted octanol–water partition coefficient (Wildman–Crippen LogP) is 1.76. The number of methoxy groups -OCH3 is 1. The Morgan fingerprint density at radius 3 is 2.41 bits per heavy atom. The maximum Gasteiger partial charge on any atom is 0.340 e. The highest BCUT2D eigenvalue weighted by atomic mass is 16.6. The predicted molar refractivity (Wildman–Crippen MR) is 63.5 cm³/mol. The van der Waals surface area contributed by atoms with E-state index in [2.05, 4.69) is 4.74 Å². The van der Waals surface area contributed by atoms with Crippen LogP contribution in [0.2, 0.25) is 0 Å². The summed E-state index contributed by atoms with van der Waals surface area (Å²) in [5.41, 5.74) is 1.37. The van der Waals surface area contributed by atoms with Crippen molar-refractivity contribution in [3.8, 4) is 0 Å². The fraction of sp³-hybridized carbons (Fsp3) is 0.364. The number of benzene rings is 1. The zero-order valence-electron chi connectivity index (χ0n) is 10.2. The summed E-state index contributed by atoms with van der Waals surface area (Å²) in [4.78, 5) is 23.5. The molecule has 0 bridgehead atoms. The Kier molecular flexibility index (Phi) is 3.67. The summed E-state index contributed by atoms with van der Waals surface area (Å²) in [5, 5.41) is 10.7. The van der Waals surface area contributed by atoms with Gasteiger partial charge in [-0.1, -0.05) is 0 Å². The van der Waals surface area contributed by atoms with Crippen molar-refractivity contribution >= 4 is 17.3 Å². The number of ether oxygens (including phenoxy) is 1. The summed E-state index contributed by atoms with van der Waals surface area (Å²) >= 11 is 0. The van der Waals surface area contributed by atoms with E-state index in [4.69, 9.17) is 0 Å². The molecular weight excluding hydrogens is 224 g/mol.